The summed E-state index contributed by atoms with van der Waals surface area (Å²) in [5, 5.41) is 16.8. The normalized spacial score (nSPS) is 18.6. The summed E-state index contributed by atoms with van der Waals surface area (Å²) in [7, 11) is 0. The predicted octanol–water partition coefficient (Wildman–Crippen LogP) is 0.995. The van der Waals surface area contributed by atoms with E-state index in [0.717, 1.165) is 19.5 Å². The van der Waals surface area contributed by atoms with Gasteiger partial charge in [0, 0.05) is 29.8 Å². The van der Waals surface area contributed by atoms with Crippen LogP contribution in [-0.2, 0) is 0 Å². The molecule has 1 aromatic rings. The first-order valence-corrected chi connectivity index (χ1v) is 5.84. The van der Waals surface area contributed by atoms with Gasteiger partial charge in [-0.05, 0) is 26.0 Å². The molecule has 6 nitrogen and oxygen atoms in total. The molecular formula is C12H15N3O3. The Morgan fingerprint density at radius 3 is 2.94 bits per heavy atom. The lowest BCUT2D eigenvalue weighted by molar-refractivity contribution is -0.385. The van der Waals surface area contributed by atoms with E-state index >= 15 is 0 Å². The first-order chi connectivity index (χ1) is 8.58. The van der Waals surface area contributed by atoms with Crippen molar-refractivity contribution in [2.45, 2.75) is 19.4 Å². The monoisotopic (exact) mass is 249 g/mol. The third-order valence-electron chi connectivity index (χ3n) is 3.06. The molecule has 0 aromatic heterocycles. The van der Waals surface area contributed by atoms with Gasteiger partial charge >= 0.3 is 0 Å². The van der Waals surface area contributed by atoms with Crippen molar-refractivity contribution in [3.05, 3.63) is 39.4 Å². The number of benzene rings is 1. The fourth-order valence-corrected chi connectivity index (χ4v) is 1.99. The van der Waals surface area contributed by atoms with Crippen LogP contribution in [-0.4, -0.2) is 30.0 Å². The molecule has 2 N–H and O–H groups in total. The van der Waals surface area contributed by atoms with Crippen LogP contribution < -0.4 is 10.6 Å². The molecule has 0 spiro atoms. The average molecular weight is 249 g/mol. The summed E-state index contributed by atoms with van der Waals surface area (Å²) in [5.74, 6) is -0.258. The first kappa shape index (κ1) is 12.5. The molecule has 0 bridgehead atoms. The van der Waals surface area contributed by atoms with Crippen molar-refractivity contribution < 1.29 is 9.72 Å². The Morgan fingerprint density at radius 1 is 1.56 bits per heavy atom. The van der Waals surface area contributed by atoms with E-state index in [9.17, 15) is 14.9 Å². The SMILES string of the molecule is Cc1ccc(C(=O)N[C@H]2CCNC2)cc1[N+](=O)[O-]. The maximum Gasteiger partial charge on any atom is 0.273 e. The lowest BCUT2D eigenvalue weighted by Crippen LogP contribution is -2.36. The quantitative estimate of drug-likeness (QED) is 0.618. The summed E-state index contributed by atoms with van der Waals surface area (Å²) in [6, 6.07) is 4.64. The zero-order valence-corrected chi connectivity index (χ0v) is 10.1. The minimum absolute atomic E-state index is 0.0211. The number of nitro groups is 1. The number of carbonyl (C=O) groups excluding carboxylic acids is 1. The Labute approximate surface area is 105 Å². The molecule has 0 aliphatic carbocycles. The molecule has 1 saturated heterocycles. The maximum atomic E-state index is 11.9. The molecule has 0 unspecified atom stereocenters. The van der Waals surface area contributed by atoms with E-state index in [1.807, 2.05) is 0 Å². The summed E-state index contributed by atoms with van der Waals surface area (Å²) in [4.78, 5) is 22.3. The third kappa shape index (κ3) is 2.65. The largest absolute Gasteiger partial charge is 0.348 e. The number of rotatable bonds is 3. The molecule has 1 aromatic carbocycles. The summed E-state index contributed by atoms with van der Waals surface area (Å²) >= 11 is 0. The number of hydrogen-bond acceptors (Lipinski definition) is 4. The predicted molar refractivity (Wildman–Crippen MR) is 66.6 cm³/mol. The van der Waals surface area contributed by atoms with Crippen molar-refractivity contribution in [3.63, 3.8) is 0 Å². The molecule has 96 valence electrons. The average Bonchev–Trinajstić information content (AvgIpc) is 2.81. The second-order valence-electron chi connectivity index (χ2n) is 4.42. The number of nitrogens with zero attached hydrogens (tertiary/aromatic N) is 1. The number of nitro benzene ring substituents is 1. The maximum absolute atomic E-state index is 11.9. The van der Waals surface area contributed by atoms with Gasteiger partial charge in [0.2, 0.25) is 0 Å². The molecule has 1 atom stereocenters. The van der Waals surface area contributed by atoms with Crippen molar-refractivity contribution in [1.29, 1.82) is 0 Å². The summed E-state index contributed by atoms with van der Waals surface area (Å²) in [6.07, 6.45) is 0.889. The van der Waals surface area contributed by atoms with Crippen LogP contribution in [0.1, 0.15) is 22.3 Å². The van der Waals surface area contributed by atoms with Gasteiger partial charge in [-0.25, -0.2) is 0 Å². The van der Waals surface area contributed by atoms with Crippen LogP contribution in [0.15, 0.2) is 18.2 Å². The molecular weight excluding hydrogens is 234 g/mol. The van der Waals surface area contributed by atoms with Gasteiger partial charge in [0.25, 0.3) is 11.6 Å². The standard InChI is InChI=1S/C12H15N3O3/c1-8-2-3-9(6-11(8)15(17)18)12(16)14-10-4-5-13-7-10/h2-3,6,10,13H,4-5,7H2,1H3,(H,14,16)/t10-/m0/s1. The lowest BCUT2D eigenvalue weighted by atomic mass is 10.1. The molecule has 1 aliphatic rings. The minimum Gasteiger partial charge on any atom is -0.348 e. The molecule has 2 rings (SSSR count). The number of amides is 1. The van der Waals surface area contributed by atoms with Crippen LogP contribution >= 0.6 is 0 Å². The zero-order valence-electron chi connectivity index (χ0n) is 10.1. The van der Waals surface area contributed by atoms with Gasteiger partial charge in [0.05, 0.1) is 4.92 Å². The molecule has 0 radical (unpaired) electrons. The van der Waals surface area contributed by atoms with Crippen LogP contribution in [0.25, 0.3) is 0 Å². The zero-order chi connectivity index (χ0) is 13.1. The highest BCUT2D eigenvalue weighted by atomic mass is 16.6. The Bertz CT molecular complexity index is 481. The van der Waals surface area contributed by atoms with Gasteiger partial charge in [-0.15, -0.1) is 0 Å². The van der Waals surface area contributed by atoms with Crippen LogP contribution in [0.4, 0.5) is 5.69 Å². The Hall–Kier alpha value is -1.95. The van der Waals surface area contributed by atoms with Crippen molar-refractivity contribution in [2.24, 2.45) is 0 Å². The first-order valence-electron chi connectivity index (χ1n) is 5.84. The van der Waals surface area contributed by atoms with Gasteiger partial charge in [-0.2, -0.15) is 0 Å². The third-order valence-corrected chi connectivity index (χ3v) is 3.06. The van der Waals surface area contributed by atoms with Gasteiger partial charge in [-0.1, -0.05) is 6.07 Å². The molecule has 0 saturated carbocycles. The Balaban J connectivity index is 2.14. The number of carbonyl (C=O) groups is 1. The van der Waals surface area contributed by atoms with E-state index in [-0.39, 0.29) is 17.6 Å². The van der Waals surface area contributed by atoms with Crippen molar-refractivity contribution in [3.8, 4) is 0 Å². The van der Waals surface area contributed by atoms with E-state index in [1.54, 1.807) is 19.1 Å². The molecule has 1 fully saturated rings. The van der Waals surface area contributed by atoms with E-state index in [4.69, 9.17) is 0 Å². The van der Waals surface area contributed by atoms with Crippen LogP contribution in [0, 0.1) is 17.0 Å². The number of hydrogen-bond donors (Lipinski definition) is 2. The van der Waals surface area contributed by atoms with Crippen LogP contribution in [0.2, 0.25) is 0 Å². The molecule has 18 heavy (non-hydrogen) atoms. The van der Waals surface area contributed by atoms with E-state index < -0.39 is 4.92 Å². The van der Waals surface area contributed by atoms with Crippen molar-refractivity contribution in [1.82, 2.24) is 10.6 Å². The topological polar surface area (TPSA) is 84.3 Å². The summed E-state index contributed by atoms with van der Waals surface area (Å²) < 4.78 is 0. The van der Waals surface area contributed by atoms with E-state index in [1.165, 1.54) is 6.07 Å². The van der Waals surface area contributed by atoms with Crippen molar-refractivity contribution >= 4 is 11.6 Å². The fourth-order valence-electron chi connectivity index (χ4n) is 1.99. The molecule has 1 amide bonds. The number of aryl methyl sites for hydroxylation is 1. The van der Waals surface area contributed by atoms with Gasteiger partial charge in [-0.3, -0.25) is 14.9 Å². The molecule has 1 aliphatic heterocycles. The van der Waals surface area contributed by atoms with E-state index in [0.29, 0.717) is 11.1 Å². The smallest absolute Gasteiger partial charge is 0.273 e. The van der Waals surface area contributed by atoms with Crippen LogP contribution in [0.5, 0.6) is 0 Å². The summed E-state index contributed by atoms with van der Waals surface area (Å²) in [5.41, 5.74) is 0.866. The van der Waals surface area contributed by atoms with Crippen LogP contribution in [0.3, 0.4) is 0 Å². The van der Waals surface area contributed by atoms with Crippen molar-refractivity contribution in [2.75, 3.05) is 13.1 Å². The lowest BCUT2D eigenvalue weighted by Gasteiger charge is -2.11. The minimum atomic E-state index is -0.469. The molecule has 6 heteroatoms. The highest BCUT2D eigenvalue weighted by molar-refractivity contribution is 5.95. The van der Waals surface area contributed by atoms with Gasteiger partial charge in [0.1, 0.15) is 0 Å². The second-order valence-corrected chi connectivity index (χ2v) is 4.42. The Kier molecular flexibility index (Phi) is 3.57. The highest BCUT2D eigenvalue weighted by Crippen LogP contribution is 2.19. The fraction of sp³-hybridized carbons (Fsp3) is 0.417. The number of nitrogens with one attached hydrogen (secondary N) is 2. The van der Waals surface area contributed by atoms with E-state index in [2.05, 4.69) is 10.6 Å². The summed E-state index contributed by atoms with van der Waals surface area (Å²) in [6.45, 7) is 3.29. The van der Waals surface area contributed by atoms with Gasteiger partial charge < -0.3 is 10.6 Å². The second kappa shape index (κ2) is 5.14. The molecule has 1 heterocycles. The highest BCUT2D eigenvalue weighted by Gasteiger charge is 2.19. The van der Waals surface area contributed by atoms with Gasteiger partial charge in [0.15, 0.2) is 0 Å². The Morgan fingerprint density at radius 2 is 2.33 bits per heavy atom.